The number of hydrogen-bond donors (Lipinski definition) is 1. The Morgan fingerprint density at radius 3 is 2.64 bits per heavy atom. The number of benzene rings is 1. The molecule has 1 aromatic heterocycles. The second kappa shape index (κ2) is 3.28. The van der Waals surface area contributed by atoms with E-state index in [1.807, 2.05) is 0 Å². The Morgan fingerprint density at radius 1 is 1.29 bits per heavy atom. The average Bonchev–Trinajstić information content (AvgIpc) is 2.43. The van der Waals surface area contributed by atoms with Gasteiger partial charge in [0.25, 0.3) is 0 Å². The normalized spacial score (nSPS) is 11.4. The third-order valence-corrected chi connectivity index (χ3v) is 3.84. The maximum absolute atomic E-state index is 5.94. The minimum Gasteiger partial charge on any atom is -0.390 e. The van der Waals surface area contributed by atoms with Gasteiger partial charge in [-0.25, -0.2) is 0 Å². The molecule has 14 heavy (non-hydrogen) atoms. The highest BCUT2D eigenvalue weighted by molar-refractivity contribution is 7.23. The lowest BCUT2D eigenvalue weighted by Gasteiger charge is -2.05. The topological polar surface area (TPSA) is 26.0 Å². The van der Waals surface area contributed by atoms with E-state index in [0.29, 0.717) is 5.92 Å². The summed E-state index contributed by atoms with van der Waals surface area (Å²) in [5.74, 6) is 0.566. The molecule has 2 N–H and O–H groups in total. The lowest BCUT2D eigenvalue weighted by atomic mass is 10.0. The van der Waals surface area contributed by atoms with E-state index >= 15 is 0 Å². The molecule has 0 amide bonds. The fourth-order valence-corrected chi connectivity index (χ4v) is 2.97. The molecule has 0 spiro atoms. The molecule has 0 atom stereocenters. The highest BCUT2D eigenvalue weighted by Crippen LogP contribution is 2.37. The van der Waals surface area contributed by atoms with Crippen LogP contribution in [0.5, 0.6) is 0 Å². The number of rotatable bonds is 1. The van der Waals surface area contributed by atoms with Crippen LogP contribution in [0.25, 0.3) is 10.1 Å². The van der Waals surface area contributed by atoms with E-state index in [1.165, 1.54) is 21.2 Å². The Morgan fingerprint density at radius 2 is 2.00 bits per heavy atom. The van der Waals surface area contributed by atoms with E-state index < -0.39 is 0 Å². The van der Waals surface area contributed by atoms with Crippen LogP contribution >= 0.6 is 11.3 Å². The van der Waals surface area contributed by atoms with Crippen LogP contribution in [0.3, 0.4) is 0 Å². The molecule has 0 bridgehead atoms. The van der Waals surface area contributed by atoms with Crippen LogP contribution in [-0.4, -0.2) is 0 Å². The molecule has 2 aromatic rings. The molecule has 0 unspecified atom stereocenters. The third-order valence-electron chi connectivity index (χ3n) is 2.65. The van der Waals surface area contributed by atoms with Crippen molar-refractivity contribution in [3.05, 3.63) is 29.3 Å². The lowest BCUT2D eigenvalue weighted by molar-refractivity contribution is 0.878. The SMILES string of the molecule is Cc1c(N)sc2c(C(C)C)cccc12. The van der Waals surface area contributed by atoms with Crippen molar-refractivity contribution in [1.82, 2.24) is 0 Å². The van der Waals surface area contributed by atoms with Crippen molar-refractivity contribution in [2.24, 2.45) is 0 Å². The number of anilines is 1. The maximum atomic E-state index is 5.94. The van der Waals surface area contributed by atoms with Gasteiger partial charge in [-0.05, 0) is 29.4 Å². The number of nitrogen functional groups attached to an aromatic ring is 1. The van der Waals surface area contributed by atoms with Gasteiger partial charge in [-0.15, -0.1) is 11.3 Å². The molecule has 0 radical (unpaired) electrons. The summed E-state index contributed by atoms with van der Waals surface area (Å²) in [4.78, 5) is 0. The van der Waals surface area contributed by atoms with E-state index in [1.54, 1.807) is 11.3 Å². The van der Waals surface area contributed by atoms with Crippen LogP contribution in [0.1, 0.15) is 30.9 Å². The van der Waals surface area contributed by atoms with Gasteiger partial charge in [-0.3, -0.25) is 0 Å². The Kier molecular flexibility index (Phi) is 2.23. The second-order valence-electron chi connectivity index (χ2n) is 3.97. The first-order valence-electron chi connectivity index (χ1n) is 4.88. The van der Waals surface area contributed by atoms with Gasteiger partial charge >= 0.3 is 0 Å². The van der Waals surface area contributed by atoms with Gasteiger partial charge in [0, 0.05) is 4.70 Å². The van der Waals surface area contributed by atoms with Crippen molar-refractivity contribution in [2.75, 3.05) is 5.73 Å². The molecule has 74 valence electrons. The molecule has 0 saturated heterocycles. The van der Waals surface area contributed by atoms with Crippen molar-refractivity contribution in [1.29, 1.82) is 0 Å². The highest BCUT2D eigenvalue weighted by Gasteiger charge is 2.10. The summed E-state index contributed by atoms with van der Waals surface area (Å²) >= 11 is 1.71. The molecule has 1 nitrogen and oxygen atoms in total. The highest BCUT2D eigenvalue weighted by atomic mass is 32.1. The van der Waals surface area contributed by atoms with Crippen LogP contribution in [0, 0.1) is 6.92 Å². The summed E-state index contributed by atoms with van der Waals surface area (Å²) in [7, 11) is 0. The van der Waals surface area contributed by atoms with Crippen molar-refractivity contribution in [2.45, 2.75) is 26.7 Å². The van der Waals surface area contributed by atoms with Crippen molar-refractivity contribution in [3.8, 4) is 0 Å². The quantitative estimate of drug-likeness (QED) is 0.750. The van der Waals surface area contributed by atoms with Gasteiger partial charge < -0.3 is 5.73 Å². The molecule has 0 aliphatic heterocycles. The van der Waals surface area contributed by atoms with Crippen LogP contribution in [0.4, 0.5) is 5.00 Å². The molecule has 1 aromatic carbocycles. The molecule has 1 heterocycles. The second-order valence-corrected chi connectivity index (χ2v) is 5.02. The monoisotopic (exact) mass is 205 g/mol. The van der Waals surface area contributed by atoms with Crippen LogP contribution < -0.4 is 5.73 Å². The van der Waals surface area contributed by atoms with E-state index in [2.05, 4.69) is 39.0 Å². The molecule has 0 saturated carbocycles. The van der Waals surface area contributed by atoms with Gasteiger partial charge in [0.05, 0.1) is 5.00 Å². The summed E-state index contributed by atoms with van der Waals surface area (Å²) in [5, 5.41) is 2.27. The predicted molar refractivity (Wildman–Crippen MR) is 65.1 cm³/mol. The Balaban J connectivity index is 2.81. The van der Waals surface area contributed by atoms with Gasteiger partial charge in [0.1, 0.15) is 0 Å². The predicted octanol–water partition coefficient (Wildman–Crippen LogP) is 3.92. The zero-order valence-corrected chi connectivity index (χ0v) is 9.61. The molecule has 0 fully saturated rings. The maximum Gasteiger partial charge on any atom is 0.0898 e. The Bertz CT molecular complexity index is 468. The summed E-state index contributed by atoms with van der Waals surface area (Å²) in [6, 6.07) is 6.47. The number of fused-ring (bicyclic) bond motifs is 1. The standard InChI is InChI=1S/C12H15NS/c1-7(2)9-5-4-6-10-8(3)12(13)14-11(9)10/h4-7H,13H2,1-3H3. The number of nitrogens with two attached hydrogens (primary N) is 1. The summed E-state index contributed by atoms with van der Waals surface area (Å²) in [6.45, 7) is 6.54. The van der Waals surface area contributed by atoms with Crippen LogP contribution in [-0.2, 0) is 0 Å². The van der Waals surface area contributed by atoms with Crippen molar-refractivity contribution < 1.29 is 0 Å². The average molecular weight is 205 g/mol. The van der Waals surface area contributed by atoms with Gasteiger partial charge in [-0.1, -0.05) is 32.0 Å². The fourth-order valence-electron chi connectivity index (χ4n) is 1.74. The molecule has 0 aliphatic rings. The Labute approximate surface area is 88.6 Å². The van der Waals surface area contributed by atoms with E-state index in [-0.39, 0.29) is 0 Å². The van der Waals surface area contributed by atoms with Crippen molar-refractivity contribution in [3.63, 3.8) is 0 Å². The van der Waals surface area contributed by atoms with Gasteiger partial charge in [0.15, 0.2) is 0 Å². The van der Waals surface area contributed by atoms with Crippen LogP contribution in [0.15, 0.2) is 18.2 Å². The van der Waals surface area contributed by atoms with Gasteiger partial charge in [-0.2, -0.15) is 0 Å². The minimum atomic E-state index is 0.566. The summed E-state index contributed by atoms with van der Waals surface area (Å²) < 4.78 is 1.36. The first-order valence-corrected chi connectivity index (χ1v) is 5.70. The largest absolute Gasteiger partial charge is 0.390 e. The fraction of sp³-hybridized carbons (Fsp3) is 0.333. The zero-order valence-electron chi connectivity index (χ0n) is 8.79. The lowest BCUT2D eigenvalue weighted by Crippen LogP contribution is -1.86. The van der Waals surface area contributed by atoms with Crippen molar-refractivity contribution >= 4 is 26.4 Å². The molecule has 2 rings (SSSR count). The third kappa shape index (κ3) is 1.30. The van der Waals surface area contributed by atoms with E-state index in [4.69, 9.17) is 5.73 Å². The van der Waals surface area contributed by atoms with E-state index in [0.717, 1.165) is 5.00 Å². The first kappa shape index (κ1) is 9.53. The molecule has 2 heteroatoms. The number of hydrogen-bond acceptors (Lipinski definition) is 2. The van der Waals surface area contributed by atoms with Gasteiger partial charge in [0.2, 0.25) is 0 Å². The molecule has 0 aliphatic carbocycles. The van der Waals surface area contributed by atoms with Crippen LogP contribution in [0.2, 0.25) is 0 Å². The minimum absolute atomic E-state index is 0.566. The first-order chi connectivity index (χ1) is 6.61. The Hall–Kier alpha value is -1.02. The number of thiophene rings is 1. The zero-order chi connectivity index (χ0) is 10.3. The molecular formula is C12H15NS. The number of aryl methyl sites for hydroxylation is 1. The van der Waals surface area contributed by atoms with E-state index in [9.17, 15) is 0 Å². The summed E-state index contributed by atoms with van der Waals surface area (Å²) in [6.07, 6.45) is 0. The molecular weight excluding hydrogens is 190 g/mol. The summed E-state index contributed by atoms with van der Waals surface area (Å²) in [5.41, 5.74) is 8.58. The smallest absolute Gasteiger partial charge is 0.0898 e.